The third-order valence-corrected chi connectivity index (χ3v) is 7.36. The third kappa shape index (κ3) is 20.0. The molecule has 0 saturated carbocycles. The summed E-state index contributed by atoms with van der Waals surface area (Å²) in [4.78, 5) is 12.0. The predicted octanol–water partition coefficient (Wildman–Crippen LogP) is 11.3. The van der Waals surface area contributed by atoms with Crippen LogP contribution in [0.5, 0.6) is 11.5 Å². The van der Waals surface area contributed by atoms with Crippen LogP contribution in [0.3, 0.4) is 0 Å². The maximum Gasteiger partial charge on any atom is 0.330 e. The van der Waals surface area contributed by atoms with E-state index < -0.39 is 0 Å². The topological polar surface area (TPSA) is 44.8 Å². The molecule has 4 heteroatoms. The van der Waals surface area contributed by atoms with Crippen LogP contribution in [0.4, 0.5) is 0 Å². The van der Waals surface area contributed by atoms with Crippen LogP contribution in [-0.4, -0.2) is 25.8 Å². The summed E-state index contributed by atoms with van der Waals surface area (Å²) in [5, 5.41) is 0. The highest BCUT2D eigenvalue weighted by atomic mass is 16.5. The number of hydrogen-bond donors (Lipinski definition) is 0. The van der Waals surface area contributed by atoms with Crippen LogP contribution in [0, 0.1) is 0 Å². The summed E-state index contributed by atoms with van der Waals surface area (Å²) in [7, 11) is 0. The first-order valence-electron chi connectivity index (χ1n) is 17.0. The van der Waals surface area contributed by atoms with E-state index in [0.29, 0.717) is 19.8 Å². The molecule has 0 heterocycles. The zero-order valence-corrected chi connectivity index (χ0v) is 26.5. The molecule has 0 bridgehead atoms. The molecule has 1 aromatic carbocycles. The van der Waals surface area contributed by atoms with Gasteiger partial charge in [0.25, 0.3) is 0 Å². The molecule has 0 N–H and O–H groups in total. The fourth-order valence-corrected chi connectivity index (χ4v) is 4.88. The number of unbranched alkanes of at least 4 members (excludes halogenated alkanes) is 18. The molecule has 40 heavy (non-hydrogen) atoms. The molecular weight excluding hydrogens is 496 g/mol. The van der Waals surface area contributed by atoms with Crippen molar-refractivity contribution in [2.45, 2.75) is 156 Å². The van der Waals surface area contributed by atoms with Gasteiger partial charge in [0.1, 0.15) is 0 Å². The Morgan fingerprint density at radius 3 is 1.55 bits per heavy atom. The number of carbonyl (C=O) groups excluding carboxylic acids is 1. The standard InChI is InChI=1S/C36H62O4/c1-4-7-9-11-13-15-17-19-21-23-31-38-34-27-25-26-33(28-29-35(37)39-30-6-3)36(34)40-32-24-22-20-18-16-14-12-10-8-5-2/h25-29H,4-24,30-32H2,1-3H3. The molecule has 0 aliphatic heterocycles. The fraction of sp³-hybridized carbons (Fsp3) is 0.750. The monoisotopic (exact) mass is 558 g/mol. The summed E-state index contributed by atoms with van der Waals surface area (Å²) in [5.41, 5.74) is 0.862. The van der Waals surface area contributed by atoms with Crippen molar-refractivity contribution in [2.24, 2.45) is 0 Å². The van der Waals surface area contributed by atoms with E-state index in [1.165, 1.54) is 122 Å². The van der Waals surface area contributed by atoms with Crippen molar-refractivity contribution in [3.05, 3.63) is 29.8 Å². The molecule has 0 saturated heterocycles. The van der Waals surface area contributed by atoms with Gasteiger partial charge in [0.05, 0.1) is 19.8 Å². The highest BCUT2D eigenvalue weighted by Gasteiger charge is 2.11. The zero-order valence-electron chi connectivity index (χ0n) is 26.5. The molecule has 0 aliphatic rings. The van der Waals surface area contributed by atoms with Crippen molar-refractivity contribution >= 4 is 12.0 Å². The Morgan fingerprint density at radius 2 is 1.05 bits per heavy atom. The van der Waals surface area contributed by atoms with Crippen LogP contribution in [0.15, 0.2) is 24.3 Å². The Hall–Kier alpha value is -1.97. The number of hydrogen-bond acceptors (Lipinski definition) is 4. The highest BCUT2D eigenvalue weighted by molar-refractivity contribution is 5.87. The zero-order chi connectivity index (χ0) is 28.9. The highest BCUT2D eigenvalue weighted by Crippen LogP contribution is 2.33. The number of para-hydroxylation sites is 1. The molecule has 0 fully saturated rings. The van der Waals surface area contributed by atoms with Crippen molar-refractivity contribution in [1.29, 1.82) is 0 Å². The SMILES string of the molecule is CCCCCCCCCCCCOc1cccc(C=CC(=O)OCCC)c1OCCCCCCCCCCCC. The van der Waals surface area contributed by atoms with Gasteiger partial charge in [-0.05, 0) is 31.4 Å². The third-order valence-electron chi connectivity index (χ3n) is 7.36. The van der Waals surface area contributed by atoms with E-state index >= 15 is 0 Å². The van der Waals surface area contributed by atoms with Gasteiger partial charge in [0.15, 0.2) is 11.5 Å². The average molecular weight is 559 g/mol. The van der Waals surface area contributed by atoms with Gasteiger partial charge < -0.3 is 14.2 Å². The molecule has 0 aromatic heterocycles. The summed E-state index contributed by atoms with van der Waals surface area (Å²) >= 11 is 0. The van der Waals surface area contributed by atoms with Crippen molar-refractivity contribution in [1.82, 2.24) is 0 Å². The largest absolute Gasteiger partial charge is 0.490 e. The van der Waals surface area contributed by atoms with Crippen LogP contribution in [0.25, 0.3) is 6.08 Å². The maximum atomic E-state index is 12.0. The minimum absolute atomic E-state index is 0.320. The van der Waals surface area contributed by atoms with Crippen LogP contribution < -0.4 is 9.47 Å². The lowest BCUT2D eigenvalue weighted by Crippen LogP contribution is -2.04. The number of benzene rings is 1. The summed E-state index contributed by atoms with van der Waals surface area (Å²) in [6.07, 6.45) is 30.1. The second kappa shape index (κ2) is 27.2. The fourth-order valence-electron chi connectivity index (χ4n) is 4.88. The van der Waals surface area contributed by atoms with Crippen LogP contribution in [0.2, 0.25) is 0 Å². The molecule has 0 radical (unpaired) electrons. The summed E-state index contributed by atoms with van der Waals surface area (Å²) < 4.78 is 17.7. The summed E-state index contributed by atoms with van der Waals surface area (Å²) in [6, 6.07) is 5.93. The second-order valence-corrected chi connectivity index (χ2v) is 11.2. The van der Waals surface area contributed by atoms with E-state index in [1.54, 1.807) is 6.08 Å². The Morgan fingerprint density at radius 1 is 0.575 bits per heavy atom. The van der Waals surface area contributed by atoms with E-state index in [1.807, 2.05) is 25.1 Å². The minimum atomic E-state index is -0.320. The molecule has 0 amide bonds. The molecule has 1 rings (SSSR count). The normalized spacial score (nSPS) is 11.3. The lowest BCUT2D eigenvalue weighted by molar-refractivity contribution is -0.137. The quantitative estimate of drug-likeness (QED) is 0.0583. The molecular formula is C36H62O4. The molecule has 0 atom stereocenters. The summed E-state index contributed by atoms with van der Waals surface area (Å²) in [6.45, 7) is 8.33. The van der Waals surface area contributed by atoms with Gasteiger partial charge in [-0.3, -0.25) is 0 Å². The van der Waals surface area contributed by atoms with Gasteiger partial charge >= 0.3 is 5.97 Å². The predicted molar refractivity (Wildman–Crippen MR) is 171 cm³/mol. The molecule has 0 spiro atoms. The Labute approximate surface area is 247 Å². The van der Waals surface area contributed by atoms with E-state index in [4.69, 9.17) is 14.2 Å². The first kappa shape index (κ1) is 36.1. The van der Waals surface area contributed by atoms with Crippen molar-refractivity contribution in [2.75, 3.05) is 19.8 Å². The molecule has 1 aromatic rings. The van der Waals surface area contributed by atoms with Gasteiger partial charge in [-0.2, -0.15) is 0 Å². The number of esters is 1. The van der Waals surface area contributed by atoms with Crippen LogP contribution in [-0.2, 0) is 9.53 Å². The van der Waals surface area contributed by atoms with Gasteiger partial charge in [0, 0.05) is 11.6 Å². The molecule has 230 valence electrons. The van der Waals surface area contributed by atoms with Gasteiger partial charge in [-0.25, -0.2) is 4.79 Å². The van der Waals surface area contributed by atoms with Crippen molar-refractivity contribution < 1.29 is 19.0 Å². The van der Waals surface area contributed by atoms with Crippen LogP contribution in [0.1, 0.15) is 161 Å². The van der Waals surface area contributed by atoms with E-state index in [-0.39, 0.29) is 5.97 Å². The van der Waals surface area contributed by atoms with Gasteiger partial charge in [-0.1, -0.05) is 148 Å². The van der Waals surface area contributed by atoms with E-state index in [0.717, 1.165) is 36.3 Å². The van der Waals surface area contributed by atoms with Crippen LogP contribution >= 0.6 is 0 Å². The van der Waals surface area contributed by atoms with Gasteiger partial charge in [-0.15, -0.1) is 0 Å². The van der Waals surface area contributed by atoms with Crippen molar-refractivity contribution in [3.8, 4) is 11.5 Å². The first-order valence-corrected chi connectivity index (χ1v) is 17.0. The molecule has 0 unspecified atom stereocenters. The number of ether oxygens (including phenoxy) is 3. The lowest BCUT2D eigenvalue weighted by atomic mass is 10.1. The van der Waals surface area contributed by atoms with Crippen molar-refractivity contribution in [3.63, 3.8) is 0 Å². The Kier molecular flexibility index (Phi) is 24.5. The Bertz CT molecular complexity index is 742. The maximum absolute atomic E-state index is 12.0. The Balaban J connectivity index is 2.47. The molecule has 4 nitrogen and oxygen atoms in total. The molecule has 0 aliphatic carbocycles. The first-order chi connectivity index (χ1) is 19.7. The lowest BCUT2D eigenvalue weighted by Gasteiger charge is -2.15. The van der Waals surface area contributed by atoms with E-state index in [9.17, 15) is 4.79 Å². The smallest absolute Gasteiger partial charge is 0.330 e. The summed E-state index contributed by atoms with van der Waals surface area (Å²) in [5.74, 6) is 1.19. The van der Waals surface area contributed by atoms with Gasteiger partial charge in [0.2, 0.25) is 0 Å². The van der Waals surface area contributed by atoms with E-state index in [2.05, 4.69) is 13.8 Å². The average Bonchev–Trinajstić information content (AvgIpc) is 2.97. The number of carbonyl (C=O) groups is 1. The number of rotatable bonds is 28. The second-order valence-electron chi connectivity index (χ2n) is 11.2. The minimum Gasteiger partial charge on any atom is -0.490 e.